The van der Waals surface area contributed by atoms with E-state index in [1.54, 1.807) is 57.0 Å². The number of piperazine rings is 1. The standard InChI is InChI=1S/C42H41F7N10O5S2/c1-40(2,3)64-39(61)58-11-9-57(10-12-58)38-52-37-29(65-38)18-25(23-7-6-8-24-33(23)56(4)54-36(24)55-66(5,62)63)32(51-37)28(15-20-13-21(43)16-22(44)14-20)50-30(60)19-59-35-31(34(53-59)42(47,48)49)26-17-27(26)41(35,45)46/h6-8,13-14,16,18,26-28H,9-12,15,17,19H2,1-5H3,(H,50,60)(H,54,55)/t26-,27+,28-/m0/s1. The van der Waals surface area contributed by atoms with Crippen molar-refractivity contribution in [3.05, 3.63) is 82.3 Å². The number of sulfonamides is 1. The molecule has 2 fully saturated rings. The van der Waals surface area contributed by atoms with E-state index in [0.29, 0.717) is 68.8 Å². The molecule has 66 heavy (non-hydrogen) atoms. The van der Waals surface area contributed by atoms with Crippen LogP contribution in [0.25, 0.3) is 32.4 Å². The van der Waals surface area contributed by atoms with Gasteiger partial charge in [0.15, 0.2) is 22.3 Å². The van der Waals surface area contributed by atoms with Gasteiger partial charge in [0.25, 0.3) is 5.92 Å². The predicted octanol–water partition coefficient (Wildman–Crippen LogP) is 7.48. The van der Waals surface area contributed by atoms with Gasteiger partial charge in [-0.25, -0.2) is 27.0 Å². The van der Waals surface area contributed by atoms with E-state index in [2.05, 4.69) is 20.2 Å². The summed E-state index contributed by atoms with van der Waals surface area (Å²) in [5, 5.41) is 11.5. The lowest BCUT2D eigenvalue weighted by Gasteiger charge is -2.35. The van der Waals surface area contributed by atoms with Gasteiger partial charge in [0.2, 0.25) is 15.9 Å². The molecule has 0 unspecified atom stereocenters. The molecule has 0 radical (unpaired) electrons. The van der Waals surface area contributed by atoms with Crippen molar-refractivity contribution in [1.29, 1.82) is 0 Å². The van der Waals surface area contributed by atoms with Crippen LogP contribution in [0.2, 0.25) is 0 Å². The highest BCUT2D eigenvalue weighted by atomic mass is 32.2. The Morgan fingerprint density at radius 2 is 1.68 bits per heavy atom. The second-order valence-electron chi connectivity index (χ2n) is 17.7. The number of nitrogens with zero attached hydrogens (tertiary/aromatic N) is 8. The highest BCUT2D eigenvalue weighted by Crippen LogP contribution is 2.68. The van der Waals surface area contributed by atoms with Crippen molar-refractivity contribution in [2.24, 2.45) is 13.0 Å². The molecule has 3 aliphatic rings. The van der Waals surface area contributed by atoms with Gasteiger partial charge in [0.1, 0.15) is 29.5 Å². The van der Waals surface area contributed by atoms with Gasteiger partial charge in [-0.1, -0.05) is 23.5 Å². The number of amides is 2. The fourth-order valence-electron chi connectivity index (χ4n) is 8.84. The first-order valence-electron chi connectivity index (χ1n) is 20.6. The maximum atomic E-state index is 15.5. The number of aromatic nitrogens is 6. The predicted molar refractivity (Wildman–Crippen MR) is 229 cm³/mol. The Hall–Kier alpha value is -6.04. The summed E-state index contributed by atoms with van der Waals surface area (Å²) in [6.45, 7) is 5.61. The van der Waals surface area contributed by atoms with Gasteiger partial charge in [0, 0.05) is 67.3 Å². The number of anilines is 2. The molecule has 1 saturated carbocycles. The number of para-hydroxylation sites is 1. The Morgan fingerprint density at radius 1 is 0.985 bits per heavy atom. The SMILES string of the molecule is Cn1nc(NS(C)(=O)=O)c2cccc(-c3cc4sc(N5CCN(C(=O)OC(C)(C)C)CC5)nc4nc3[C@H](Cc3cc(F)cc(F)c3)NC(=O)Cn3nc(C(F)(F)F)c4c3C(F)(F)[C@@H]3C[C@H]43)c21. The molecule has 5 heterocycles. The summed E-state index contributed by atoms with van der Waals surface area (Å²) < 4.78 is 138. The van der Waals surface area contributed by atoms with Crippen LogP contribution in [0.15, 0.2) is 42.5 Å². The van der Waals surface area contributed by atoms with Crippen LogP contribution >= 0.6 is 11.3 Å². The van der Waals surface area contributed by atoms with Crippen LogP contribution in [-0.4, -0.2) is 92.9 Å². The first kappa shape index (κ1) is 45.1. The van der Waals surface area contributed by atoms with Crippen LogP contribution in [0.4, 0.5) is 46.5 Å². The second kappa shape index (κ2) is 15.8. The summed E-state index contributed by atoms with van der Waals surface area (Å²) in [7, 11) is -2.24. The Bertz CT molecular complexity index is 3050. The molecule has 1 aliphatic heterocycles. The third-order valence-electron chi connectivity index (χ3n) is 11.6. The smallest absolute Gasteiger partial charge is 0.435 e. The zero-order valence-corrected chi connectivity index (χ0v) is 37.4. The Kier molecular flexibility index (Phi) is 10.8. The molecular weight excluding hydrogens is 922 g/mol. The fraction of sp³-hybridized carbons (Fsp3) is 0.429. The number of aryl methyl sites for hydroxylation is 1. The van der Waals surface area contributed by atoms with Crippen molar-refractivity contribution < 1.29 is 53.5 Å². The number of carbonyl (C=O) groups is 2. The molecule has 350 valence electrons. The lowest BCUT2D eigenvalue weighted by Crippen LogP contribution is -2.50. The molecule has 2 aromatic carbocycles. The van der Waals surface area contributed by atoms with Gasteiger partial charge in [0.05, 0.1) is 28.2 Å². The van der Waals surface area contributed by atoms with Gasteiger partial charge < -0.3 is 19.9 Å². The van der Waals surface area contributed by atoms with E-state index in [1.165, 1.54) is 16.0 Å². The summed E-state index contributed by atoms with van der Waals surface area (Å²) in [6.07, 6.45) is -5.11. The number of pyridine rings is 1. The van der Waals surface area contributed by atoms with E-state index in [9.17, 15) is 40.0 Å². The van der Waals surface area contributed by atoms with Crippen LogP contribution in [-0.2, 0) is 51.7 Å². The fourth-order valence-corrected chi connectivity index (χ4v) is 10.3. The van der Waals surface area contributed by atoms with Crippen molar-refractivity contribution in [1.82, 2.24) is 39.7 Å². The maximum absolute atomic E-state index is 15.5. The van der Waals surface area contributed by atoms with Gasteiger partial charge in [-0.15, -0.1) is 0 Å². The molecule has 0 bridgehead atoms. The molecule has 2 amide bonds. The molecule has 2 aliphatic carbocycles. The number of nitrogens with one attached hydrogen (secondary N) is 2. The number of ether oxygens (including phenoxy) is 1. The number of hydrogen-bond acceptors (Lipinski definition) is 11. The number of benzene rings is 2. The number of alkyl halides is 5. The number of thiazole rings is 1. The average molecular weight is 963 g/mol. The minimum atomic E-state index is -5.08. The van der Waals surface area contributed by atoms with Crippen molar-refractivity contribution in [3.8, 4) is 11.1 Å². The zero-order chi connectivity index (χ0) is 47.4. The Labute approximate surface area is 376 Å². The monoisotopic (exact) mass is 962 g/mol. The van der Waals surface area contributed by atoms with E-state index in [0.717, 1.165) is 18.4 Å². The number of halogens is 7. The minimum Gasteiger partial charge on any atom is -0.444 e. The quantitative estimate of drug-likeness (QED) is 0.131. The number of fused-ring (bicyclic) bond motifs is 5. The van der Waals surface area contributed by atoms with Crippen molar-refractivity contribution in [3.63, 3.8) is 0 Å². The summed E-state index contributed by atoms with van der Waals surface area (Å²) >= 11 is 1.26. The Morgan fingerprint density at radius 3 is 2.33 bits per heavy atom. The maximum Gasteiger partial charge on any atom is 0.435 e. The number of hydrogen-bond donors (Lipinski definition) is 2. The van der Waals surface area contributed by atoms with Crippen LogP contribution < -0.4 is 14.9 Å². The lowest BCUT2D eigenvalue weighted by molar-refractivity contribution is -0.142. The van der Waals surface area contributed by atoms with Crippen molar-refractivity contribution >= 4 is 65.6 Å². The van der Waals surface area contributed by atoms with E-state index in [4.69, 9.17) is 14.7 Å². The summed E-state index contributed by atoms with van der Waals surface area (Å²) in [6, 6.07) is 7.96. The summed E-state index contributed by atoms with van der Waals surface area (Å²) in [5.74, 6) is -9.07. The van der Waals surface area contributed by atoms with Crippen LogP contribution in [0, 0.1) is 17.6 Å². The average Bonchev–Trinajstić information content (AvgIpc) is 3.47. The molecule has 1 saturated heterocycles. The largest absolute Gasteiger partial charge is 0.444 e. The van der Waals surface area contributed by atoms with Crippen LogP contribution in [0.5, 0.6) is 0 Å². The van der Waals surface area contributed by atoms with Crippen LogP contribution in [0.1, 0.15) is 67.4 Å². The molecule has 0 spiro atoms. The highest BCUT2D eigenvalue weighted by Gasteiger charge is 2.68. The molecule has 6 aromatic rings. The third-order valence-corrected chi connectivity index (χ3v) is 13.2. The van der Waals surface area contributed by atoms with Crippen molar-refractivity contribution in [2.45, 2.75) is 69.8 Å². The summed E-state index contributed by atoms with van der Waals surface area (Å²) in [5.41, 5.74) is -2.47. The molecule has 4 aromatic heterocycles. The van der Waals surface area contributed by atoms with E-state index in [1.807, 2.05) is 4.90 Å². The summed E-state index contributed by atoms with van der Waals surface area (Å²) in [4.78, 5) is 40.2. The van der Waals surface area contributed by atoms with E-state index >= 15 is 8.78 Å². The van der Waals surface area contributed by atoms with Crippen molar-refractivity contribution in [2.75, 3.05) is 42.1 Å². The lowest BCUT2D eigenvalue weighted by atomic mass is 9.94. The molecular formula is C42H41F7N10O5S2. The normalized spacial score (nSPS) is 18.7. The first-order valence-corrected chi connectivity index (χ1v) is 23.3. The minimum absolute atomic E-state index is 0.00227. The molecule has 9 rings (SSSR count). The van der Waals surface area contributed by atoms with Gasteiger partial charge in [-0.2, -0.15) is 37.1 Å². The van der Waals surface area contributed by atoms with E-state index < -0.39 is 92.7 Å². The molecule has 24 heteroatoms. The van der Waals surface area contributed by atoms with Crippen LogP contribution in [0.3, 0.4) is 0 Å². The van der Waals surface area contributed by atoms with Gasteiger partial charge in [-0.3, -0.25) is 18.9 Å². The first-order chi connectivity index (χ1) is 30.8. The second-order valence-corrected chi connectivity index (χ2v) is 20.4. The van der Waals surface area contributed by atoms with E-state index in [-0.39, 0.29) is 35.6 Å². The Balaban J connectivity index is 1.16. The number of carbonyl (C=O) groups excluding carboxylic acids is 2. The molecule has 3 atom stereocenters. The topological polar surface area (TPSA) is 169 Å². The number of rotatable bonds is 10. The third kappa shape index (κ3) is 8.59. The van der Waals surface area contributed by atoms with Gasteiger partial charge in [-0.05, 0) is 69.4 Å². The molecule has 2 N–H and O–H groups in total. The van der Waals surface area contributed by atoms with Gasteiger partial charge >= 0.3 is 12.3 Å². The zero-order valence-electron chi connectivity index (χ0n) is 35.8. The molecule has 15 nitrogen and oxygen atoms in total. The highest BCUT2D eigenvalue weighted by molar-refractivity contribution is 7.92.